The fourth-order valence-corrected chi connectivity index (χ4v) is 2.68. The van der Waals surface area contributed by atoms with Gasteiger partial charge in [-0.1, -0.05) is 30.3 Å². The number of pyridine rings is 1. The van der Waals surface area contributed by atoms with E-state index in [9.17, 15) is 0 Å². The molecule has 4 rings (SSSR count). The predicted octanol–water partition coefficient (Wildman–Crippen LogP) is 4.81. The topological polar surface area (TPSA) is 38.9 Å². The van der Waals surface area contributed by atoms with Gasteiger partial charge in [-0.25, -0.2) is 4.98 Å². The van der Waals surface area contributed by atoms with Crippen LogP contribution in [0.5, 0.6) is 0 Å². The average molecular weight is 325 g/mol. The SMILES string of the molecule is Brc1cncc(-c2nc3c(ccc4ccccc43)o2)c1. The fraction of sp³-hybridized carbons (Fsp3) is 0. The maximum atomic E-state index is 5.85. The molecule has 0 bridgehead atoms. The number of nitrogens with zero attached hydrogens (tertiary/aromatic N) is 2. The summed E-state index contributed by atoms with van der Waals surface area (Å²) in [6, 6.07) is 14.1. The van der Waals surface area contributed by atoms with Gasteiger partial charge >= 0.3 is 0 Å². The van der Waals surface area contributed by atoms with Crippen LogP contribution in [0.2, 0.25) is 0 Å². The minimum Gasteiger partial charge on any atom is -0.436 e. The highest BCUT2D eigenvalue weighted by Gasteiger charge is 2.11. The summed E-state index contributed by atoms with van der Waals surface area (Å²) in [7, 11) is 0. The summed E-state index contributed by atoms with van der Waals surface area (Å²) in [6.45, 7) is 0. The van der Waals surface area contributed by atoms with Crippen molar-refractivity contribution in [1.29, 1.82) is 0 Å². The molecule has 4 heteroatoms. The number of hydrogen-bond donors (Lipinski definition) is 0. The highest BCUT2D eigenvalue weighted by molar-refractivity contribution is 9.10. The second-order valence-corrected chi connectivity index (χ2v) is 5.46. The molecule has 0 fully saturated rings. The molecule has 0 unspecified atom stereocenters. The minimum atomic E-state index is 0.588. The Morgan fingerprint density at radius 1 is 1.00 bits per heavy atom. The Morgan fingerprint density at radius 3 is 2.80 bits per heavy atom. The molecule has 0 saturated heterocycles. The maximum absolute atomic E-state index is 5.85. The van der Waals surface area contributed by atoms with Gasteiger partial charge in [0.2, 0.25) is 5.89 Å². The largest absolute Gasteiger partial charge is 0.436 e. The maximum Gasteiger partial charge on any atom is 0.228 e. The quantitative estimate of drug-likeness (QED) is 0.504. The van der Waals surface area contributed by atoms with E-state index >= 15 is 0 Å². The van der Waals surface area contributed by atoms with E-state index in [4.69, 9.17) is 4.42 Å². The van der Waals surface area contributed by atoms with Gasteiger partial charge < -0.3 is 4.42 Å². The summed E-state index contributed by atoms with van der Waals surface area (Å²) in [5.41, 5.74) is 2.54. The Hall–Kier alpha value is -2.20. The molecule has 20 heavy (non-hydrogen) atoms. The lowest BCUT2D eigenvalue weighted by atomic mass is 10.1. The van der Waals surface area contributed by atoms with E-state index in [0.29, 0.717) is 5.89 Å². The van der Waals surface area contributed by atoms with Crippen LogP contribution in [0.15, 0.2) is 63.7 Å². The molecule has 96 valence electrons. The minimum absolute atomic E-state index is 0.588. The van der Waals surface area contributed by atoms with E-state index in [2.05, 4.69) is 38.0 Å². The fourth-order valence-electron chi connectivity index (χ4n) is 2.31. The number of benzene rings is 2. The zero-order valence-corrected chi connectivity index (χ0v) is 12.0. The molecule has 2 aromatic heterocycles. The summed E-state index contributed by atoms with van der Waals surface area (Å²) in [6.07, 6.45) is 3.49. The van der Waals surface area contributed by atoms with Crippen molar-refractivity contribution in [3.05, 3.63) is 59.3 Å². The van der Waals surface area contributed by atoms with Crippen molar-refractivity contribution in [3.63, 3.8) is 0 Å². The number of fused-ring (bicyclic) bond motifs is 3. The number of aromatic nitrogens is 2. The molecule has 0 aliphatic rings. The van der Waals surface area contributed by atoms with Crippen LogP contribution in [0.3, 0.4) is 0 Å². The standard InChI is InChI=1S/C16H9BrN2O/c17-12-7-11(8-18-9-12)16-19-15-13-4-2-1-3-10(13)5-6-14(15)20-16/h1-9H. The van der Waals surface area contributed by atoms with Crippen molar-refractivity contribution < 1.29 is 4.42 Å². The first-order valence-corrected chi connectivity index (χ1v) is 7.00. The predicted molar refractivity (Wildman–Crippen MR) is 82.4 cm³/mol. The Bertz CT molecular complexity index is 930. The molecule has 0 aliphatic carbocycles. The first-order valence-electron chi connectivity index (χ1n) is 6.20. The zero-order valence-electron chi connectivity index (χ0n) is 10.4. The van der Waals surface area contributed by atoms with E-state index in [1.165, 1.54) is 0 Å². The van der Waals surface area contributed by atoms with Gasteiger partial charge in [0.15, 0.2) is 5.58 Å². The molecule has 0 spiro atoms. The van der Waals surface area contributed by atoms with Crippen LogP contribution < -0.4 is 0 Å². The first-order chi connectivity index (χ1) is 9.81. The van der Waals surface area contributed by atoms with Gasteiger partial charge in [-0.15, -0.1) is 0 Å². The van der Waals surface area contributed by atoms with Gasteiger partial charge in [0.05, 0.1) is 5.56 Å². The van der Waals surface area contributed by atoms with Crippen molar-refractivity contribution in [2.75, 3.05) is 0 Å². The highest BCUT2D eigenvalue weighted by Crippen LogP contribution is 2.30. The van der Waals surface area contributed by atoms with Crippen LogP contribution in [0, 0.1) is 0 Å². The molecular weight excluding hydrogens is 316 g/mol. The third kappa shape index (κ3) is 1.80. The Labute approximate surface area is 123 Å². The molecule has 0 atom stereocenters. The van der Waals surface area contributed by atoms with Crippen molar-refractivity contribution in [2.45, 2.75) is 0 Å². The summed E-state index contributed by atoms with van der Waals surface area (Å²) >= 11 is 3.41. The molecule has 2 heterocycles. The third-order valence-electron chi connectivity index (χ3n) is 3.24. The van der Waals surface area contributed by atoms with Gasteiger partial charge in [0.1, 0.15) is 5.52 Å². The van der Waals surface area contributed by atoms with Crippen LogP contribution >= 0.6 is 15.9 Å². The average Bonchev–Trinajstić information content (AvgIpc) is 2.92. The second kappa shape index (κ2) is 4.42. The molecule has 0 amide bonds. The van der Waals surface area contributed by atoms with Crippen LogP contribution in [0.4, 0.5) is 0 Å². The Balaban J connectivity index is 2.01. The molecule has 0 saturated carbocycles. The van der Waals surface area contributed by atoms with Crippen LogP contribution in [0.1, 0.15) is 0 Å². The van der Waals surface area contributed by atoms with E-state index in [1.807, 2.05) is 30.3 Å². The lowest BCUT2D eigenvalue weighted by molar-refractivity contribution is 0.619. The second-order valence-electron chi connectivity index (χ2n) is 4.54. The number of oxazole rings is 1. The summed E-state index contributed by atoms with van der Waals surface area (Å²) in [5, 5.41) is 2.26. The van der Waals surface area contributed by atoms with E-state index in [0.717, 1.165) is 31.9 Å². The monoisotopic (exact) mass is 324 g/mol. The lowest BCUT2D eigenvalue weighted by Crippen LogP contribution is -1.80. The summed E-state index contributed by atoms with van der Waals surface area (Å²) < 4.78 is 6.75. The number of halogens is 1. The highest BCUT2D eigenvalue weighted by atomic mass is 79.9. The molecule has 3 nitrogen and oxygen atoms in total. The van der Waals surface area contributed by atoms with Crippen molar-refractivity contribution >= 4 is 37.8 Å². The van der Waals surface area contributed by atoms with Crippen LogP contribution in [-0.4, -0.2) is 9.97 Å². The van der Waals surface area contributed by atoms with Gasteiger partial charge in [-0.2, -0.15) is 0 Å². The van der Waals surface area contributed by atoms with Gasteiger partial charge in [-0.05, 0) is 33.4 Å². The van der Waals surface area contributed by atoms with Crippen LogP contribution in [0.25, 0.3) is 33.3 Å². The summed E-state index contributed by atoms with van der Waals surface area (Å²) in [4.78, 5) is 8.77. The summed E-state index contributed by atoms with van der Waals surface area (Å²) in [5.74, 6) is 0.588. The Morgan fingerprint density at radius 2 is 1.90 bits per heavy atom. The van der Waals surface area contributed by atoms with Crippen molar-refractivity contribution in [2.24, 2.45) is 0 Å². The van der Waals surface area contributed by atoms with E-state index in [-0.39, 0.29) is 0 Å². The zero-order chi connectivity index (χ0) is 13.5. The lowest BCUT2D eigenvalue weighted by Gasteiger charge is -1.95. The van der Waals surface area contributed by atoms with Gasteiger partial charge in [0.25, 0.3) is 0 Å². The smallest absolute Gasteiger partial charge is 0.228 e. The molecule has 4 aromatic rings. The van der Waals surface area contributed by atoms with E-state index in [1.54, 1.807) is 12.4 Å². The molecule has 0 N–H and O–H groups in total. The molecule has 0 radical (unpaired) electrons. The van der Waals surface area contributed by atoms with Gasteiger partial charge in [0, 0.05) is 22.3 Å². The molecular formula is C16H9BrN2O. The third-order valence-corrected chi connectivity index (χ3v) is 3.67. The normalized spacial score (nSPS) is 11.2. The van der Waals surface area contributed by atoms with Crippen molar-refractivity contribution in [3.8, 4) is 11.5 Å². The number of hydrogen-bond acceptors (Lipinski definition) is 3. The van der Waals surface area contributed by atoms with E-state index < -0.39 is 0 Å². The Kier molecular flexibility index (Phi) is 2.57. The van der Waals surface area contributed by atoms with Gasteiger partial charge in [-0.3, -0.25) is 4.98 Å². The molecule has 0 aliphatic heterocycles. The van der Waals surface area contributed by atoms with Crippen LogP contribution in [-0.2, 0) is 0 Å². The molecule has 2 aromatic carbocycles. The first kappa shape index (κ1) is 11.6. The van der Waals surface area contributed by atoms with Crippen molar-refractivity contribution in [1.82, 2.24) is 9.97 Å². The number of rotatable bonds is 1.